The molecule has 1 aliphatic heterocycles. The van der Waals surface area contributed by atoms with Crippen LogP contribution >= 0.6 is 0 Å². The second kappa shape index (κ2) is 4.77. The summed E-state index contributed by atoms with van der Waals surface area (Å²) in [6.45, 7) is 0.276. The van der Waals surface area contributed by atoms with Crippen LogP contribution in [0.3, 0.4) is 0 Å². The summed E-state index contributed by atoms with van der Waals surface area (Å²) in [6.07, 6.45) is 0. The van der Waals surface area contributed by atoms with Crippen LogP contribution in [-0.4, -0.2) is 10.9 Å². The molecule has 0 aromatic heterocycles. The summed E-state index contributed by atoms with van der Waals surface area (Å²) in [4.78, 5) is 22.2. The van der Waals surface area contributed by atoms with Gasteiger partial charge in [0.25, 0.3) is 5.69 Å². The van der Waals surface area contributed by atoms with Crippen LogP contribution in [0.2, 0.25) is 0 Å². The lowest BCUT2D eigenvalue weighted by Crippen LogP contribution is -2.23. The molecule has 0 saturated heterocycles. The maximum absolute atomic E-state index is 12.0. The van der Waals surface area contributed by atoms with Gasteiger partial charge in [-0.15, -0.1) is 0 Å². The van der Waals surface area contributed by atoms with E-state index in [1.807, 2.05) is 24.3 Å². The molecule has 0 saturated carbocycles. The number of nitrogens with zero attached hydrogens (tertiary/aromatic N) is 1. The summed E-state index contributed by atoms with van der Waals surface area (Å²) in [5, 5.41) is 10.7. The zero-order valence-corrected chi connectivity index (χ0v) is 10.5. The number of esters is 1. The molecule has 20 heavy (non-hydrogen) atoms. The molecule has 5 heteroatoms. The normalized spacial score (nSPS) is 17.2. The molecule has 100 valence electrons. The Morgan fingerprint density at radius 1 is 1.10 bits per heavy atom. The number of ether oxygens (including phenoxy) is 1. The van der Waals surface area contributed by atoms with Gasteiger partial charge < -0.3 is 4.74 Å². The number of nitro benzene ring substituents is 1. The zero-order valence-electron chi connectivity index (χ0n) is 10.5. The van der Waals surface area contributed by atoms with E-state index in [-0.39, 0.29) is 18.3 Å². The minimum absolute atomic E-state index is 0.00575. The van der Waals surface area contributed by atoms with Gasteiger partial charge in [-0.25, -0.2) is 0 Å². The molecule has 2 aromatic carbocycles. The van der Waals surface area contributed by atoms with Crippen LogP contribution in [-0.2, 0) is 16.1 Å². The lowest BCUT2D eigenvalue weighted by Gasteiger charge is -2.24. The molecule has 5 nitrogen and oxygen atoms in total. The Hall–Kier alpha value is -2.69. The third-order valence-electron chi connectivity index (χ3n) is 3.41. The third kappa shape index (κ3) is 2.03. The average molecular weight is 269 g/mol. The first-order valence-electron chi connectivity index (χ1n) is 6.15. The lowest BCUT2D eigenvalue weighted by atomic mass is 9.87. The van der Waals surface area contributed by atoms with Crippen molar-refractivity contribution in [1.82, 2.24) is 0 Å². The molecule has 0 aliphatic carbocycles. The van der Waals surface area contributed by atoms with Gasteiger partial charge in [0.2, 0.25) is 0 Å². The van der Waals surface area contributed by atoms with E-state index in [9.17, 15) is 14.9 Å². The Bertz CT molecular complexity index is 679. The Balaban J connectivity index is 2.04. The van der Waals surface area contributed by atoms with E-state index in [0.717, 1.165) is 11.1 Å². The highest BCUT2D eigenvalue weighted by atomic mass is 16.6. The number of hydrogen-bond donors (Lipinski definition) is 0. The summed E-state index contributed by atoms with van der Waals surface area (Å²) in [5.41, 5.74) is 2.58. The van der Waals surface area contributed by atoms with Crippen LogP contribution in [0.15, 0.2) is 48.5 Å². The van der Waals surface area contributed by atoms with Crippen molar-refractivity contribution in [2.45, 2.75) is 12.5 Å². The van der Waals surface area contributed by atoms with Crippen LogP contribution < -0.4 is 0 Å². The van der Waals surface area contributed by atoms with Crippen LogP contribution in [0, 0.1) is 10.1 Å². The fourth-order valence-electron chi connectivity index (χ4n) is 2.41. The van der Waals surface area contributed by atoms with Crippen molar-refractivity contribution < 1.29 is 14.5 Å². The maximum Gasteiger partial charge on any atom is 0.318 e. The van der Waals surface area contributed by atoms with Crippen molar-refractivity contribution in [3.8, 4) is 0 Å². The molecular formula is C15H11NO4. The Morgan fingerprint density at radius 2 is 1.80 bits per heavy atom. The highest BCUT2D eigenvalue weighted by Gasteiger charge is 2.30. The van der Waals surface area contributed by atoms with Gasteiger partial charge in [0.05, 0.1) is 4.92 Å². The number of rotatable bonds is 2. The van der Waals surface area contributed by atoms with E-state index in [0.29, 0.717) is 5.56 Å². The van der Waals surface area contributed by atoms with Crippen LogP contribution in [0.5, 0.6) is 0 Å². The quantitative estimate of drug-likeness (QED) is 0.477. The van der Waals surface area contributed by atoms with Crippen molar-refractivity contribution in [3.63, 3.8) is 0 Å². The number of non-ortho nitro benzene ring substituents is 1. The summed E-state index contributed by atoms with van der Waals surface area (Å²) in [6, 6.07) is 13.6. The van der Waals surface area contributed by atoms with E-state index in [4.69, 9.17) is 4.74 Å². The van der Waals surface area contributed by atoms with Gasteiger partial charge in [-0.1, -0.05) is 36.4 Å². The Kier molecular flexibility index (Phi) is 2.95. The van der Waals surface area contributed by atoms with Crippen LogP contribution in [0.1, 0.15) is 22.6 Å². The van der Waals surface area contributed by atoms with E-state index in [2.05, 4.69) is 0 Å². The van der Waals surface area contributed by atoms with E-state index in [1.165, 1.54) is 12.1 Å². The largest absolute Gasteiger partial charge is 0.460 e. The second-order valence-corrected chi connectivity index (χ2v) is 4.59. The molecule has 0 amide bonds. The molecule has 0 N–H and O–H groups in total. The van der Waals surface area contributed by atoms with Gasteiger partial charge in [-0.3, -0.25) is 14.9 Å². The number of nitro groups is 1. The molecule has 1 heterocycles. The topological polar surface area (TPSA) is 69.4 Å². The second-order valence-electron chi connectivity index (χ2n) is 4.59. The number of hydrogen-bond acceptors (Lipinski definition) is 4. The molecule has 1 atom stereocenters. The van der Waals surface area contributed by atoms with Crippen LogP contribution in [0.4, 0.5) is 5.69 Å². The summed E-state index contributed by atoms with van der Waals surface area (Å²) in [7, 11) is 0. The maximum atomic E-state index is 12.0. The van der Waals surface area contributed by atoms with Crippen molar-refractivity contribution in [3.05, 3.63) is 75.3 Å². The third-order valence-corrected chi connectivity index (χ3v) is 3.41. The van der Waals surface area contributed by atoms with E-state index >= 15 is 0 Å². The van der Waals surface area contributed by atoms with Gasteiger partial charge in [0.15, 0.2) is 0 Å². The Morgan fingerprint density at radius 3 is 2.50 bits per heavy atom. The molecule has 2 aromatic rings. The van der Waals surface area contributed by atoms with Gasteiger partial charge in [-0.2, -0.15) is 0 Å². The predicted molar refractivity (Wildman–Crippen MR) is 71.2 cm³/mol. The van der Waals surface area contributed by atoms with Crippen molar-refractivity contribution in [1.29, 1.82) is 0 Å². The minimum Gasteiger partial charge on any atom is -0.460 e. The molecular weight excluding hydrogens is 258 g/mol. The fourth-order valence-corrected chi connectivity index (χ4v) is 2.41. The lowest BCUT2D eigenvalue weighted by molar-refractivity contribution is -0.384. The van der Waals surface area contributed by atoms with E-state index in [1.54, 1.807) is 12.1 Å². The minimum atomic E-state index is -0.513. The molecule has 0 bridgehead atoms. The summed E-state index contributed by atoms with van der Waals surface area (Å²) in [5.74, 6) is -0.835. The smallest absolute Gasteiger partial charge is 0.318 e. The monoisotopic (exact) mass is 269 g/mol. The van der Waals surface area contributed by atoms with Crippen molar-refractivity contribution in [2.24, 2.45) is 0 Å². The van der Waals surface area contributed by atoms with Crippen LogP contribution in [0.25, 0.3) is 0 Å². The van der Waals surface area contributed by atoms with E-state index < -0.39 is 10.8 Å². The number of carbonyl (C=O) groups is 1. The number of benzene rings is 2. The first kappa shape index (κ1) is 12.3. The molecule has 1 aliphatic rings. The fraction of sp³-hybridized carbons (Fsp3) is 0.133. The molecule has 0 spiro atoms. The number of cyclic esters (lactones) is 1. The summed E-state index contributed by atoms with van der Waals surface area (Å²) >= 11 is 0. The van der Waals surface area contributed by atoms with Gasteiger partial charge in [0.1, 0.15) is 12.5 Å². The zero-order chi connectivity index (χ0) is 14.1. The number of fused-ring (bicyclic) bond motifs is 1. The highest BCUT2D eigenvalue weighted by molar-refractivity contribution is 5.84. The molecule has 1 unspecified atom stereocenters. The first-order valence-corrected chi connectivity index (χ1v) is 6.15. The Labute approximate surface area is 115 Å². The molecule has 0 fully saturated rings. The van der Waals surface area contributed by atoms with Gasteiger partial charge >= 0.3 is 5.97 Å². The standard InChI is InChI=1S/C15H11NO4/c17-15-14(10-5-7-12(8-6-10)16(18)19)13-4-2-1-3-11(13)9-20-15/h1-8,14H,9H2. The highest BCUT2D eigenvalue weighted by Crippen LogP contribution is 2.33. The predicted octanol–water partition coefficient (Wildman–Crippen LogP) is 2.78. The summed E-state index contributed by atoms with van der Waals surface area (Å²) < 4.78 is 5.18. The average Bonchev–Trinajstić information content (AvgIpc) is 2.47. The first-order chi connectivity index (χ1) is 9.66. The molecule has 0 radical (unpaired) electrons. The van der Waals surface area contributed by atoms with Crippen molar-refractivity contribution in [2.75, 3.05) is 0 Å². The van der Waals surface area contributed by atoms with Gasteiger partial charge in [0, 0.05) is 12.1 Å². The van der Waals surface area contributed by atoms with Gasteiger partial charge in [-0.05, 0) is 16.7 Å². The van der Waals surface area contributed by atoms with Crippen molar-refractivity contribution >= 4 is 11.7 Å². The molecule has 3 rings (SSSR count). The number of carbonyl (C=O) groups excluding carboxylic acids is 1. The SMILES string of the molecule is O=C1OCc2ccccc2C1c1ccc([N+](=O)[O-])cc1.